The highest BCUT2D eigenvalue weighted by Crippen LogP contribution is 2.33. The Morgan fingerprint density at radius 1 is 1.23 bits per heavy atom. The number of hydrogen-bond acceptors (Lipinski definition) is 1. The van der Waals surface area contributed by atoms with E-state index in [1.54, 1.807) is 6.92 Å². The summed E-state index contributed by atoms with van der Waals surface area (Å²) in [6, 6.07) is 0. The number of rotatable bonds is 5. The summed E-state index contributed by atoms with van der Waals surface area (Å²) >= 11 is 0. The Morgan fingerprint density at radius 3 is 1.85 bits per heavy atom. The van der Waals surface area contributed by atoms with Gasteiger partial charge in [0, 0.05) is 5.57 Å². The Morgan fingerprint density at radius 2 is 1.62 bits per heavy atom. The Bertz CT molecular complexity index is 192. The zero-order valence-electron chi connectivity index (χ0n) is 9.05. The molecule has 0 atom stereocenters. The predicted molar refractivity (Wildman–Crippen MR) is 54.7 cm³/mol. The fraction of sp³-hybridized carbons (Fsp3) is 0.727. The second kappa shape index (κ2) is 5.05. The lowest BCUT2D eigenvalue weighted by molar-refractivity contribution is -0.132. The minimum atomic E-state index is -0.806. The summed E-state index contributed by atoms with van der Waals surface area (Å²) in [5, 5.41) is 8.76. The first-order valence-electron chi connectivity index (χ1n) is 4.94. The number of carbonyl (C=O) groups is 1. The van der Waals surface area contributed by atoms with Gasteiger partial charge in [0.1, 0.15) is 0 Å². The van der Waals surface area contributed by atoms with Crippen molar-refractivity contribution in [1.82, 2.24) is 0 Å². The molecule has 1 N–H and O–H groups in total. The first-order valence-corrected chi connectivity index (χ1v) is 4.94. The van der Waals surface area contributed by atoms with Gasteiger partial charge >= 0.3 is 5.97 Å². The van der Waals surface area contributed by atoms with Crippen molar-refractivity contribution < 1.29 is 9.90 Å². The van der Waals surface area contributed by atoms with Crippen molar-refractivity contribution in [3.05, 3.63) is 11.6 Å². The van der Waals surface area contributed by atoms with Gasteiger partial charge in [0.25, 0.3) is 0 Å². The van der Waals surface area contributed by atoms with E-state index in [1.807, 2.05) is 6.08 Å². The molecule has 0 bridgehead atoms. The number of hydrogen-bond donors (Lipinski definition) is 1. The highest BCUT2D eigenvalue weighted by Gasteiger charge is 2.22. The van der Waals surface area contributed by atoms with Crippen LogP contribution in [0.25, 0.3) is 0 Å². The van der Waals surface area contributed by atoms with E-state index in [0.717, 1.165) is 19.3 Å². The summed E-state index contributed by atoms with van der Waals surface area (Å²) in [6.45, 7) is 7.99. The maximum atomic E-state index is 10.7. The van der Waals surface area contributed by atoms with Gasteiger partial charge in [0.15, 0.2) is 0 Å². The standard InChI is InChI=1S/C11H20O2/c1-5-11(6-2,7-3)8-9(4)10(12)13/h8H,5-7H2,1-4H3,(H,12,13)/b9-8+. The minimum absolute atomic E-state index is 0.0858. The van der Waals surface area contributed by atoms with Gasteiger partial charge in [-0.2, -0.15) is 0 Å². The van der Waals surface area contributed by atoms with Gasteiger partial charge in [-0.1, -0.05) is 26.8 Å². The molecule has 0 aliphatic rings. The lowest BCUT2D eigenvalue weighted by Crippen LogP contribution is -2.16. The van der Waals surface area contributed by atoms with Crippen molar-refractivity contribution >= 4 is 5.97 Å². The number of aliphatic carboxylic acids is 1. The van der Waals surface area contributed by atoms with Crippen molar-refractivity contribution in [2.45, 2.75) is 47.0 Å². The summed E-state index contributed by atoms with van der Waals surface area (Å²) in [5.41, 5.74) is 0.549. The Labute approximate surface area is 80.7 Å². The fourth-order valence-corrected chi connectivity index (χ4v) is 1.58. The van der Waals surface area contributed by atoms with E-state index in [4.69, 9.17) is 5.11 Å². The van der Waals surface area contributed by atoms with Gasteiger partial charge in [-0.05, 0) is 31.6 Å². The van der Waals surface area contributed by atoms with Crippen molar-refractivity contribution in [3.63, 3.8) is 0 Å². The minimum Gasteiger partial charge on any atom is -0.478 e. The fourth-order valence-electron chi connectivity index (χ4n) is 1.58. The first-order chi connectivity index (χ1) is 6.01. The summed E-state index contributed by atoms with van der Waals surface area (Å²) in [6.07, 6.45) is 4.93. The lowest BCUT2D eigenvalue weighted by Gasteiger charge is -2.26. The molecule has 0 saturated heterocycles. The summed E-state index contributed by atoms with van der Waals surface area (Å²) in [7, 11) is 0. The van der Waals surface area contributed by atoms with Crippen LogP contribution in [0.2, 0.25) is 0 Å². The number of allylic oxidation sites excluding steroid dienone is 1. The van der Waals surface area contributed by atoms with Crippen LogP contribution < -0.4 is 0 Å². The third-order valence-corrected chi connectivity index (χ3v) is 2.97. The summed E-state index contributed by atoms with van der Waals surface area (Å²) < 4.78 is 0. The maximum Gasteiger partial charge on any atom is 0.330 e. The largest absolute Gasteiger partial charge is 0.478 e. The van der Waals surface area contributed by atoms with E-state index in [1.165, 1.54) is 0 Å². The van der Waals surface area contributed by atoms with Crippen LogP contribution in [0.4, 0.5) is 0 Å². The molecule has 0 aromatic heterocycles. The van der Waals surface area contributed by atoms with Crippen molar-refractivity contribution in [1.29, 1.82) is 0 Å². The molecule has 13 heavy (non-hydrogen) atoms. The normalized spacial score (nSPS) is 13.1. The predicted octanol–water partition coefficient (Wildman–Crippen LogP) is 3.23. The highest BCUT2D eigenvalue weighted by atomic mass is 16.4. The number of carboxylic acid groups (broad SMARTS) is 1. The zero-order chi connectivity index (χ0) is 10.5. The van der Waals surface area contributed by atoms with Gasteiger partial charge < -0.3 is 5.11 Å². The van der Waals surface area contributed by atoms with E-state index in [-0.39, 0.29) is 5.41 Å². The van der Waals surface area contributed by atoms with Gasteiger partial charge in [0.05, 0.1) is 0 Å². The molecular weight excluding hydrogens is 164 g/mol. The smallest absolute Gasteiger partial charge is 0.330 e. The quantitative estimate of drug-likeness (QED) is 0.666. The van der Waals surface area contributed by atoms with Crippen LogP contribution >= 0.6 is 0 Å². The molecular formula is C11H20O2. The summed E-state index contributed by atoms with van der Waals surface area (Å²) in [5.74, 6) is -0.806. The average Bonchev–Trinajstić information content (AvgIpc) is 2.14. The van der Waals surface area contributed by atoms with E-state index in [2.05, 4.69) is 20.8 Å². The number of carboxylic acids is 1. The third-order valence-electron chi connectivity index (χ3n) is 2.97. The molecule has 0 spiro atoms. The van der Waals surface area contributed by atoms with Crippen molar-refractivity contribution in [2.24, 2.45) is 5.41 Å². The average molecular weight is 184 g/mol. The monoisotopic (exact) mass is 184 g/mol. The van der Waals surface area contributed by atoms with Crippen molar-refractivity contribution in [2.75, 3.05) is 0 Å². The van der Waals surface area contributed by atoms with Crippen LogP contribution in [0.5, 0.6) is 0 Å². The van der Waals surface area contributed by atoms with E-state index < -0.39 is 5.97 Å². The van der Waals surface area contributed by atoms with E-state index in [0.29, 0.717) is 5.57 Å². The third kappa shape index (κ3) is 3.21. The van der Waals surface area contributed by atoms with Crippen molar-refractivity contribution in [3.8, 4) is 0 Å². The van der Waals surface area contributed by atoms with Crippen LogP contribution in [0, 0.1) is 5.41 Å². The molecule has 0 aliphatic carbocycles. The highest BCUT2D eigenvalue weighted by molar-refractivity contribution is 5.85. The molecule has 0 radical (unpaired) electrons. The topological polar surface area (TPSA) is 37.3 Å². The molecule has 0 rings (SSSR count). The molecule has 0 unspecified atom stereocenters. The van der Waals surface area contributed by atoms with Crippen LogP contribution in [-0.2, 0) is 4.79 Å². The van der Waals surface area contributed by atoms with E-state index >= 15 is 0 Å². The molecule has 0 saturated carbocycles. The van der Waals surface area contributed by atoms with Gasteiger partial charge in [0.2, 0.25) is 0 Å². The molecule has 76 valence electrons. The lowest BCUT2D eigenvalue weighted by atomic mass is 9.78. The molecule has 2 heteroatoms. The summed E-state index contributed by atoms with van der Waals surface area (Å²) in [4.78, 5) is 10.7. The SMILES string of the molecule is CCC(/C=C(\C)C(=O)O)(CC)CC. The molecule has 2 nitrogen and oxygen atoms in total. The maximum absolute atomic E-state index is 10.7. The molecule has 0 fully saturated rings. The molecule has 0 aromatic carbocycles. The van der Waals surface area contributed by atoms with Gasteiger partial charge in [-0.25, -0.2) is 4.79 Å². The van der Waals surface area contributed by atoms with Crippen LogP contribution in [0.15, 0.2) is 11.6 Å². The second-order valence-electron chi connectivity index (χ2n) is 3.56. The second-order valence-corrected chi connectivity index (χ2v) is 3.56. The Kier molecular flexibility index (Phi) is 4.74. The zero-order valence-corrected chi connectivity index (χ0v) is 9.05. The molecule has 0 heterocycles. The van der Waals surface area contributed by atoms with Gasteiger partial charge in [-0.3, -0.25) is 0 Å². The molecule has 0 aromatic rings. The van der Waals surface area contributed by atoms with E-state index in [9.17, 15) is 4.79 Å². The van der Waals surface area contributed by atoms with Crippen LogP contribution in [0.3, 0.4) is 0 Å². The van der Waals surface area contributed by atoms with Gasteiger partial charge in [-0.15, -0.1) is 0 Å². The van der Waals surface area contributed by atoms with Crippen LogP contribution in [0.1, 0.15) is 47.0 Å². The molecule has 0 amide bonds. The molecule has 0 aliphatic heterocycles. The Balaban J connectivity index is 4.76. The Hall–Kier alpha value is -0.790. The van der Waals surface area contributed by atoms with Crippen LogP contribution in [-0.4, -0.2) is 11.1 Å². The first kappa shape index (κ1) is 12.2.